The number of hydrogen-bond acceptors (Lipinski definition) is 9. The Kier molecular flexibility index (Phi) is 9.97. The highest BCUT2D eigenvalue weighted by Gasteiger charge is 2.14. The fraction of sp³-hybridized carbons (Fsp3) is 0.364. The molecule has 5 rings (SSSR count). The smallest absolute Gasteiger partial charge is 0.319 e. The lowest BCUT2D eigenvalue weighted by molar-refractivity contribution is -0.139. The van der Waals surface area contributed by atoms with Crippen molar-refractivity contribution in [1.82, 2.24) is 20.2 Å². The standard InChI is InChI=1S/C33H39N5O4/c1-23-27(28-8-5-10-30(24(28)2)42-16-6-13-38-14-17-41-18-15-38)7-4-9-29(23)37-33-32-26(11-12-35-33)19-25(21-36-32)20-34-22-31(39)40-3/h4-5,7-12,19,21,34H,6,13-18,20,22H2,1-3H3,(H,35,37). The summed E-state index contributed by atoms with van der Waals surface area (Å²) in [6.07, 6.45) is 4.57. The van der Waals surface area contributed by atoms with Crippen LogP contribution in [0.25, 0.3) is 22.0 Å². The topological polar surface area (TPSA) is 97.8 Å². The molecule has 0 bridgehead atoms. The third kappa shape index (κ3) is 7.23. The number of rotatable bonds is 12. The second kappa shape index (κ2) is 14.2. The third-order valence-electron chi connectivity index (χ3n) is 7.62. The Morgan fingerprint density at radius 2 is 1.81 bits per heavy atom. The van der Waals surface area contributed by atoms with Gasteiger partial charge in [-0.25, -0.2) is 4.98 Å². The third-order valence-corrected chi connectivity index (χ3v) is 7.62. The fourth-order valence-corrected chi connectivity index (χ4v) is 5.22. The maximum Gasteiger partial charge on any atom is 0.319 e. The molecule has 2 aromatic heterocycles. The first-order chi connectivity index (χ1) is 20.5. The van der Waals surface area contributed by atoms with Crippen LogP contribution in [-0.2, 0) is 20.8 Å². The molecule has 0 amide bonds. The molecular formula is C33H39N5O4. The molecule has 220 valence electrons. The van der Waals surface area contributed by atoms with Gasteiger partial charge in [-0.15, -0.1) is 0 Å². The lowest BCUT2D eigenvalue weighted by atomic mass is 9.95. The van der Waals surface area contributed by atoms with Crippen LogP contribution in [-0.4, -0.2) is 73.9 Å². The van der Waals surface area contributed by atoms with E-state index in [1.807, 2.05) is 6.07 Å². The summed E-state index contributed by atoms with van der Waals surface area (Å²) in [6.45, 7) is 10.3. The van der Waals surface area contributed by atoms with Crippen LogP contribution in [0, 0.1) is 13.8 Å². The van der Waals surface area contributed by atoms with Crippen molar-refractivity contribution in [2.45, 2.75) is 26.8 Å². The SMILES string of the molecule is COC(=O)CNCc1cnc2c(Nc3cccc(-c4cccc(OCCCN5CCOCC5)c4C)c3C)nccc2c1. The minimum atomic E-state index is -0.300. The van der Waals surface area contributed by atoms with E-state index in [1.165, 1.54) is 7.11 Å². The van der Waals surface area contributed by atoms with Gasteiger partial charge in [-0.3, -0.25) is 14.7 Å². The van der Waals surface area contributed by atoms with E-state index in [9.17, 15) is 4.79 Å². The van der Waals surface area contributed by atoms with Crippen LogP contribution in [0.5, 0.6) is 5.75 Å². The van der Waals surface area contributed by atoms with Gasteiger partial charge in [-0.2, -0.15) is 0 Å². The van der Waals surface area contributed by atoms with Gasteiger partial charge in [-0.05, 0) is 72.4 Å². The Hall–Kier alpha value is -4.05. The first-order valence-electron chi connectivity index (χ1n) is 14.4. The summed E-state index contributed by atoms with van der Waals surface area (Å²) in [5.41, 5.74) is 7.26. The van der Waals surface area contributed by atoms with Gasteiger partial charge in [-0.1, -0.05) is 24.3 Å². The molecular weight excluding hydrogens is 530 g/mol. The van der Waals surface area contributed by atoms with E-state index < -0.39 is 0 Å². The number of pyridine rings is 2. The van der Waals surface area contributed by atoms with Crippen molar-refractivity contribution in [3.05, 3.63) is 77.6 Å². The molecule has 1 fully saturated rings. The highest BCUT2D eigenvalue weighted by Crippen LogP contribution is 2.36. The number of morpholine rings is 1. The molecule has 0 saturated carbocycles. The van der Waals surface area contributed by atoms with Gasteiger partial charge >= 0.3 is 5.97 Å². The van der Waals surface area contributed by atoms with E-state index in [1.54, 1.807) is 12.4 Å². The molecule has 4 aromatic rings. The number of nitrogens with one attached hydrogen (secondary N) is 2. The average molecular weight is 570 g/mol. The first kappa shape index (κ1) is 29.4. The number of methoxy groups -OCH3 is 1. The van der Waals surface area contributed by atoms with Crippen molar-refractivity contribution >= 4 is 28.4 Å². The normalized spacial score (nSPS) is 13.7. The molecule has 0 unspecified atom stereocenters. The van der Waals surface area contributed by atoms with Crippen LogP contribution in [0.2, 0.25) is 0 Å². The molecule has 1 aliphatic rings. The van der Waals surface area contributed by atoms with Crippen LogP contribution in [0.3, 0.4) is 0 Å². The number of aromatic nitrogens is 2. The van der Waals surface area contributed by atoms with E-state index in [0.29, 0.717) is 19.0 Å². The number of hydrogen-bond donors (Lipinski definition) is 2. The predicted octanol–water partition coefficient (Wildman–Crippen LogP) is 5.02. The number of ether oxygens (including phenoxy) is 3. The summed E-state index contributed by atoms with van der Waals surface area (Å²) in [5, 5.41) is 7.56. The first-order valence-corrected chi connectivity index (χ1v) is 14.4. The summed E-state index contributed by atoms with van der Waals surface area (Å²) in [5.74, 6) is 1.31. The number of anilines is 2. The van der Waals surface area contributed by atoms with Gasteiger partial charge in [0.05, 0.1) is 33.5 Å². The predicted molar refractivity (Wildman–Crippen MR) is 165 cm³/mol. The maximum absolute atomic E-state index is 11.4. The number of fused-ring (bicyclic) bond motifs is 1. The van der Waals surface area contributed by atoms with E-state index in [-0.39, 0.29) is 12.5 Å². The van der Waals surface area contributed by atoms with Crippen LogP contribution in [0.4, 0.5) is 11.5 Å². The minimum absolute atomic E-state index is 0.150. The summed E-state index contributed by atoms with van der Waals surface area (Å²) in [7, 11) is 1.38. The molecule has 42 heavy (non-hydrogen) atoms. The zero-order chi connectivity index (χ0) is 29.3. The van der Waals surface area contributed by atoms with Crippen molar-refractivity contribution in [2.24, 2.45) is 0 Å². The monoisotopic (exact) mass is 569 g/mol. The Labute approximate surface area is 247 Å². The Morgan fingerprint density at radius 3 is 2.62 bits per heavy atom. The van der Waals surface area contributed by atoms with E-state index in [0.717, 1.165) is 89.4 Å². The summed E-state index contributed by atoms with van der Waals surface area (Å²) in [6, 6.07) is 16.5. The quantitative estimate of drug-likeness (QED) is 0.180. The van der Waals surface area contributed by atoms with Crippen LogP contribution < -0.4 is 15.4 Å². The molecule has 0 aliphatic carbocycles. The van der Waals surface area contributed by atoms with Gasteiger partial charge in [0.2, 0.25) is 0 Å². The molecule has 2 N–H and O–H groups in total. The van der Waals surface area contributed by atoms with Gasteiger partial charge in [0, 0.05) is 49.6 Å². The van der Waals surface area contributed by atoms with Gasteiger partial charge in [0.1, 0.15) is 11.3 Å². The summed E-state index contributed by atoms with van der Waals surface area (Å²) < 4.78 is 16.4. The molecule has 9 nitrogen and oxygen atoms in total. The van der Waals surface area contributed by atoms with Crippen molar-refractivity contribution in [1.29, 1.82) is 0 Å². The molecule has 1 saturated heterocycles. The van der Waals surface area contributed by atoms with Gasteiger partial charge in [0.25, 0.3) is 0 Å². The Bertz CT molecular complexity index is 1520. The molecule has 0 radical (unpaired) electrons. The van der Waals surface area contributed by atoms with Crippen molar-refractivity contribution in [2.75, 3.05) is 58.4 Å². The second-order valence-electron chi connectivity index (χ2n) is 10.4. The van der Waals surface area contributed by atoms with Crippen molar-refractivity contribution in [3.8, 4) is 16.9 Å². The van der Waals surface area contributed by atoms with Gasteiger partial charge in [0.15, 0.2) is 5.82 Å². The van der Waals surface area contributed by atoms with E-state index in [4.69, 9.17) is 9.47 Å². The number of carbonyl (C=O) groups is 1. The van der Waals surface area contributed by atoms with Crippen molar-refractivity contribution < 1.29 is 19.0 Å². The zero-order valence-corrected chi connectivity index (χ0v) is 24.6. The summed E-state index contributed by atoms with van der Waals surface area (Å²) in [4.78, 5) is 23.1. The fourth-order valence-electron chi connectivity index (χ4n) is 5.22. The minimum Gasteiger partial charge on any atom is -0.493 e. The number of carbonyl (C=O) groups excluding carboxylic acids is 1. The molecule has 0 spiro atoms. The molecule has 2 aromatic carbocycles. The summed E-state index contributed by atoms with van der Waals surface area (Å²) >= 11 is 0. The average Bonchev–Trinajstić information content (AvgIpc) is 3.01. The van der Waals surface area contributed by atoms with Crippen molar-refractivity contribution in [3.63, 3.8) is 0 Å². The Balaban J connectivity index is 1.29. The lowest BCUT2D eigenvalue weighted by Gasteiger charge is -2.26. The number of benzene rings is 2. The molecule has 3 heterocycles. The maximum atomic E-state index is 11.4. The number of esters is 1. The molecule has 0 atom stereocenters. The zero-order valence-electron chi connectivity index (χ0n) is 24.6. The largest absolute Gasteiger partial charge is 0.493 e. The highest BCUT2D eigenvalue weighted by atomic mass is 16.5. The molecule has 9 heteroatoms. The molecule has 1 aliphatic heterocycles. The van der Waals surface area contributed by atoms with E-state index in [2.05, 4.69) is 86.6 Å². The van der Waals surface area contributed by atoms with Crippen LogP contribution in [0.15, 0.2) is 60.9 Å². The number of nitrogens with zero attached hydrogens (tertiary/aromatic N) is 3. The van der Waals surface area contributed by atoms with Gasteiger partial charge < -0.3 is 24.8 Å². The highest BCUT2D eigenvalue weighted by molar-refractivity contribution is 5.91. The van der Waals surface area contributed by atoms with E-state index >= 15 is 0 Å². The lowest BCUT2D eigenvalue weighted by Crippen LogP contribution is -2.37. The van der Waals surface area contributed by atoms with Crippen LogP contribution >= 0.6 is 0 Å². The second-order valence-corrected chi connectivity index (χ2v) is 10.4. The Morgan fingerprint density at radius 1 is 1.02 bits per heavy atom. The van der Waals surface area contributed by atoms with Crippen LogP contribution in [0.1, 0.15) is 23.1 Å².